The van der Waals surface area contributed by atoms with Gasteiger partial charge in [-0.3, -0.25) is 9.78 Å². The molecule has 5 nitrogen and oxygen atoms in total. The number of pyridine rings is 1. The van der Waals surface area contributed by atoms with Crippen molar-refractivity contribution in [2.45, 2.75) is 6.43 Å². The highest BCUT2D eigenvalue weighted by Crippen LogP contribution is 2.29. The fraction of sp³-hybridized carbons (Fsp3) is 0.333. The highest BCUT2D eigenvalue weighted by molar-refractivity contribution is 5.91. The van der Waals surface area contributed by atoms with Crippen LogP contribution in [0.5, 0.6) is 5.88 Å². The Morgan fingerprint density at radius 2 is 2.06 bits per heavy atom. The summed E-state index contributed by atoms with van der Waals surface area (Å²) in [5, 5.41) is 0. The average Bonchev–Trinajstić information content (AvgIpc) is 2.26. The number of carbonyl (C=O) groups excluding carboxylic acids is 1. The number of nitrogens with one attached hydrogen (secondary N) is 1. The topological polar surface area (TPSA) is 68.4 Å². The maximum absolute atomic E-state index is 12.7. The molecule has 1 heterocycles. The zero-order valence-corrected chi connectivity index (χ0v) is 8.54. The minimum Gasteiger partial charge on any atom is -0.482 e. The van der Waals surface area contributed by atoms with Crippen LogP contribution in [0.1, 0.15) is 22.3 Å². The number of carbonyl (C=O) groups is 1. The van der Waals surface area contributed by atoms with E-state index in [9.17, 15) is 18.4 Å². The molecule has 0 amide bonds. The van der Waals surface area contributed by atoms with E-state index >= 15 is 0 Å². The lowest BCUT2D eigenvalue weighted by atomic mass is 10.1. The van der Waals surface area contributed by atoms with Crippen molar-refractivity contribution in [3.05, 3.63) is 27.5 Å². The van der Waals surface area contributed by atoms with Gasteiger partial charge in [-0.25, -0.2) is 13.6 Å². The minimum absolute atomic E-state index is 0.442. The maximum Gasteiger partial charge on any atom is 0.338 e. The van der Waals surface area contributed by atoms with Gasteiger partial charge < -0.3 is 9.47 Å². The highest BCUT2D eigenvalue weighted by atomic mass is 19.3. The van der Waals surface area contributed by atoms with Crippen LogP contribution in [0.2, 0.25) is 0 Å². The van der Waals surface area contributed by atoms with Gasteiger partial charge in [-0.1, -0.05) is 0 Å². The normalized spacial score (nSPS) is 10.3. The van der Waals surface area contributed by atoms with E-state index in [1.54, 1.807) is 0 Å². The average molecular weight is 233 g/mol. The molecule has 88 valence electrons. The standard InChI is InChI=1S/C9H9F2NO4/c1-15-8-6(7(10)11)4(9(14)16-2)3-5(13)12-8/h3,7H,1-2H3,(H,12,13). The number of methoxy groups -OCH3 is 2. The Labute approximate surface area is 89.0 Å². The van der Waals surface area contributed by atoms with Crippen LogP contribution in [0.3, 0.4) is 0 Å². The highest BCUT2D eigenvalue weighted by Gasteiger charge is 2.25. The van der Waals surface area contributed by atoms with Crippen molar-refractivity contribution < 1.29 is 23.0 Å². The first-order valence-corrected chi connectivity index (χ1v) is 4.19. The van der Waals surface area contributed by atoms with Gasteiger partial charge in [0.2, 0.25) is 5.88 Å². The lowest BCUT2D eigenvalue weighted by Gasteiger charge is -2.10. The number of ether oxygens (including phenoxy) is 2. The van der Waals surface area contributed by atoms with E-state index in [2.05, 4.69) is 14.5 Å². The van der Waals surface area contributed by atoms with E-state index in [1.807, 2.05) is 0 Å². The summed E-state index contributed by atoms with van der Waals surface area (Å²) < 4.78 is 34.3. The first kappa shape index (κ1) is 12.2. The van der Waals surface area contributed by atoms with E-state index in [1.165, 1.54) is 0 Å². The second kappa shape index (κ2) is 4.73. The molecule has 1 rings (SSSR count). The van der Waals surface area contributed by atoms with Crippen LogP contribution in [0, 0.1) is 0 Å². The minimum atomic E-state index is -2.96. The van der Waals surface area contributed by atoms with Crippen LogP contribution in [0.15, 0.2) is 10.9 Å². The first-order valence-electron chi connectivity index (χ1n) is 4.19. The van der Waals surface area contributed by atoms with Crippen LogP contribution >= 0.6 is 0 Å². The van der Waals surface area contributed by atoms with Gasteiger partial charge in [-0.05, 0) is 0 Å². The van der Waals surface area contributed by atoms with Crippen molar-refractivity contribution in [2.75, 3.05) is 14.2 Å². The third kappa shape index (κ3) is 2.18. The zero-order valence-electron chi connectivity index (χ0n) is 8.54. The summed E-state index contributed by atoms with van der Waals surface area (Å²) in [4.78, 5) is 24.3. The van der Waals surface area contributed by atoms with E-state index < -0.39 is 35.0 Å². The molecule has 0 saturated carbocycles. The molecule has 0 fully saturated rings. The number of hydrogen-bond donors (Lipinski definition) is 1. The molecule has 0 saturated heterocycles. The van der Waals surface area contributed by atoms with Crippen molar-refractivity contribution in [3.63, 3.8) is 0 Å². The SMILES string of the molecule is COC(=O)c1cc(=O)[nH]c(OC)c1C(F)F. The Bertz CT molecular complexity index is 455. The fourth-order valence-electron chi connectivity index (χ4n) is 1.20. The van der Waals surface area contributed by atoms with Gasteiger partial charge >= 0.3 is 5.97 Å². The van der Waals surface area contributed by atoms with Crippen molar-refractivity contribution in [1.82, 2.24) is 4.98 Å². The Hall–Kier alpha value is -1.92. The molecule has 0 atom stereocenters. The molecular weight excluding hydrogens is 224 g/mol. The summed E-state index contributed by atoms with van der Waals surface area (Å²) >= 11 is 0. The quantitative estimate of drug-likeness (QED) is 0.794. The van der Waals surface area contributed by atoms with Crippen molar-refractivity contribution in [2.24, 2.45) is 0 Å². The smallest absolute Gasteiger partial charge is 0.338 e. The molecule has 16 heavy (non-hydrogen) atoms. The maximum atomic E-state index is 12.7. The summed E-state index contributed by atoms with van der Waals surface area (Å²) in [5.41, 5.74) is -1.91. The van der Waals surface area contributed by atoms with E-state index in [4.69, 9.17) is 0 Å². The number of aromatic amines is 1. The monoisotopic (exact) mass is 233 g/mol. The zero-order chi connectivity index (χ0) is 12.3. The third-order valence-corrected chi connectivity index (χ3v) is 1.87. The summed E-state index contributed by atoms with van der Waals surface area (Å²) in [6, 6.07) is 0.746. The lowest BCUT2D eigenvalue weighted by molar-refractivity contribution is 0.0587. The van der Waals surface area contributed by atoms with Crippen LogP contribution in [0.4, 0.5) is 8.78 Å². The van der Waals surface area contributed by atoms with Gasteiger partial charge in [-0.2, -0.15) is 0 Å². The van der Waals surface area contributed by atoms with Gasteiger partial charge in [0.25, 0.3) is 12.0 Å². The molecule has 0 aliphatic carbocycles. The molecule has 0 aliphatic rings. The van der Waals surface area contributed by atoms with Crippen molar-refractivity contribution >= 4 is 5.97 Å². The Kier molecular flexibility index (Phi) is 3.60. The number of H-pyrrole nitrogens is 1. The molecule has 0 radical (unpaired) electrons. The molecule has 0 unspecified atom stereocenters. The summed E-state index contributed by atoms with van der Waals surface area (Å²) in [6.07, 6.45) is -2.96. The fourth-order valence-corrected chi connectivity index (χ4v) is 1.20. The molecule has 0 bridgehead atoms. The molecule has 0 spiro atoms. The van der Waals surface area contributed by atoms with Crippen LogP contribution < -0.4 is 10.3 Å². The van der Waals surface area contributed by atoms with E-state index in [0.29, 0.717) is 0 Å². The van der Waals surface area contributed by atoms with Crippen molar-refractivity contribution in [1.29, 1.82) is 0 Å². The molecule has 1 aromatic heterocycles. The molecule has 1 aromatic rings. The van der Waals surface area contributed by atoms with Gasteiger partial charge in [-0.15, -0.1) is 0 Å². The molecule has 1 N–H and O–H groups in total. The lowest BCUT2D eigenvalue weighted by Crippen LogP contribution is -2.16. The first-order chi connectivity index (χ1) is 7.51. The number of alkyl halides is 2. The Morgan fingerprint density at radius 3 is 2.50 bits per heavy atom. The Morgan fingerprint density at radius 1 is 1.44 bits per heavy atom. The van der Waals surface area contributed by atoms with E-state index in [0.717, 1.165) is 20.3 Å². The summed E-state index contributed by atoms with van der Waals surface area (Å²) in [7, 11) is 2.14. The Balaban J connectivity index is 3.50. The van der Waals surface area contributed by atoms with Crippen molar-refractivity contribution in [3.8, 4) is 5.88 Å². The van der Waals surface area contributed by atoms with Gasteiger partial charge in [0.15, 0.2) is 0 Å². The van der Waals surface area contributed by atoms with Gasteiger partial charge in [0.1, 0.15) is 0 Å². The van der Waals surface area contributed by atoms with Crippen LogP contribution in [0.25, 0.3) is 0 Å². The second-order valence-electron chi connectivity index (χ2n) is 2.79. The van der Waals surface area contributed by atoms with E-state index in [-0.39, 0.29) is 0 Å². The number of aromatic nitrogens is 1. The molecular formula is C9H9F2NO4. The van der Waals surface area contributed by atoms with Gasteiger partial charge in [0, 0.05) is 6.07 Å². The third-order valence-electron chi connectivity index (χ3n) is 1.87. The summed E-state index contributed by atoms with van der Waals surface area (Å²) in [5.74, 6) is -1.46. The number of hydrogen-bond acceptors (Lipinski definition) is 4. The predicted octanol–water partition coefficient (Wildman–Crippen LogP) is 1.11. The number of halogens is 2. The van der Waals surface area contributed by atoms with Crippen LogP contribution in [-0.2, 0) is 4.74 Å². The second-order valence-corrected chi connectivity index (χ2v) is 2.79. The number of rotatable bonds is 3. The number of esters is 1. The molecule has 7 heteroatoms. The predicted molar refractivity (Wildman–Crippen MR) is 49.9 cm³/mol. The van der Waals surface area contributed by atoms with Crippen LogP contribution in [-0.4, -0.2) is 25.2 Å². The van der Waals surface area contributed by atoms with Gasteiger partial charge in [0.05, 0.1) is 25.3 Å². The molecule has 0 aromatic carbocycles. The summed E-state index contributed by atoms with van der Waals surface area (Å²) in [6.45, 7) is 0. The largest absolute Gasteiger partial charge is 0.482 e. The molecule has 0 aliphatic heterocycles.